The molecule has 0 aliphatic rings. The van der Waals surface area contributed by atoms with Crippen LogP contribution in [0.25, 0.3) is 0 Å². The molecule has 0 unspecified atom stereocenters. The Kier molecular flexibility index (Phi) is 3.73. The van der Waals surface area contributed by atoms with Crippen LogP contribution in [0, 0.1) is 0 Å². The van der Waals surface area contributed by atoms with Crippen molar-refractivity contribution in [3.05, 3.63) is 53.9 Å². The van der Waals surface area contributed by atoms with Crippen LogP contribution in [0.4, 0.5) is 0 Å². The maximum atomic E-state index is 5.75. The standard InChI is InChI=1S/C14H16N2O/c1-2-11-4-3-5-13(6-11)17-14-7-12(8-15)9-16-10-14/h3-7,9-10H,2,8,15H2,1H3. The Balaban J connectivity index is 2.18. The summed E-state index contributed by atoms with van der Waals surface area (Å²) in [6, 6.07) is 9.96. The second-order valence-corrected chi connectivity index (χ2v) is 3.84. The normalized spacial score (nSPS) is 10.2. The Bertz CT molecular complexity index is 452. The molecule has 88 valence electrons. The number of hydrogen-bond acceptors (Lipinski definition) is 3. The van der Waals surface area contributed by atoms with E-state index in [9.17, 15) is 0 Å². The number of benzene rings is 1. The van der Waals surface area contributed by atoms with E-state index in [-0.39, 0.29) is 0 Å². The summed E-state index contributed by atoms with van der Waals surface area (Å²) in [6.45, 7) is 2.59. The van der Waals surface area contributed by atoms with Gasteiger partial charge in [-0.3, -0.25) is 4.98 Å². The second kappa shape index (κ2) is 5.46. The molecule has 17 heavy (non-hydrogen) atoms. The van der Waals surface area contributed by atoms with E-state index >= 15 is 0 Å². The third-order valence-corrected chi connectivity index (χ3v) is 2.55. The first-order valence-electron chi connectivity index (χ1n) is 5.72. The molecule has 0 spiro atoms. The summed E-state index contributed by atoms with van der Waals surface area (Å²) in [7, 11) is 0. The van der Waals surface area contributed by atoms with Crippen LogP contribution < -0.4 is 10.5 Å². The predicted molar refractivity (Wildman–Crippen MR) is 68.0 cm³/mol. The van der Waals surface area contributed by atoms with E-state index in [4.69, 9.17) is 10.5 Å². The fourth-order valence-electron chi connectivity index (χ4n) is 1.60. The van der Waals surface area contributed by atoms with Crippen LogP contribution in [0.3, 0.4) is 0 Å². The molecule has 1 aromatic heterocycles. The Hall–Kier alpha value is -1.87. The molecule has 0 aliphatic carbocycles. The predicted octanol–water partition coefficient (Wildman–Crippen LogP) is 2.90. The van der Waals surface area contributed by atoms with E-state index in [0.29, 0.717) is 6.54 Å². The molecule has 1 heterocycles. The second-order valence-electron chi connectivity index (χ2n) is 3.84. The van der Waals surface area contributed by atoms with E-state index in [2.05, 4.69) is 18.0 Å². The number of ether oxygens (including phenoxy) is 1. The highest BCUT2D eigenvalue weighted by Crippen LogP contribution is 2.22. The number of hydrogen-bond donors (Lipinski definition) is 1. The average Bonchev–Trinajstić information content (AvgIpc) is 2.39. The molecule has 0 atom stereocenters. The smallest absolute Gasteiger partial charge is 0.146 e. The van der Waals surface area contributed by atoms with Gasteiger partial charge in [0.2, 0.25) is 0 Å². The first-order chi connectivity index (χ1) is 8.31. The van der Waals surface area contributed by atoms with Gasteiger partial charge in [-0.1, -0.05) is 19.1 Å². The van der Waals surface area contributed by atoms with Crippen molar-refractivity contribution < 1.29 is 4.74 Å². The third-order valence-electron chi connectivity index (χ3n) is 2.55. The highest BCUT2D eigenvalue weighted by atomic mass is 16.5. The van der Waals surface area contributed by atoms with Gasteiger partial charge in [0.1, 0.15) is 11.5 Å². The lowest BCUT2D eigenvalue weighted by Gasteiger charge is -2.07. The lowest BCUT2D eigenvalue weighted by Crippen LogP contribution is -1.97. The largest absolute Gasteiger partial charge is 0.456 e. The average molecular weight is 228 g/mol. The van der Waals surface area contributed by atoms with Crippen LogP contribution in [-0.2, 0) is 13.0 Å². The van der Waals surface area contributed by atoms with Gasteiger partial charge in [-0.15, -0.1) is 0 Å². The lowest BCUT2D eigenvalue weighted by atomic mass is 10.2. The lowest BCUT2D eigenvalue weighted by molar-refractivity contribution is 0.479. The van der Waals surface area contributed by atoms with Crippen molar-refractivity contribution in [2.24, 2.45) is 5.73 Å². The van der Waals surface area contributed by atoms with Crippen molar-refractivity contribution >= 4 is 0 Å². The first kappa shape index (κ1) is 11.6. The first-order valence-corrected chi connectivity index (χ1v) is 5.72. The van der Waals surface area contributed by atoms with Gasteiger partial charge in [-0.25, -0.2) is 0 Å². The SMILES string of the molecule is CCc1cccc(Oc2cncc(CN)c2)c1. The molecule has 1 aromatic carbocycles. The van der Waals surface area contributed by atoms with Gasteiger partial charge in [0, 0.05) is 12.7 Å². The molecule has 0 bridgehead atoms. The van der Waals surface area contributed by atoms with E-state index in [1.807, 2.05) is 24.3 Å². The summed E-state index contributed by atoms with van der Waals surface area (Å²) in [5, 5.41) is 0. The molecular formula is C14H16N2O. The van der Waals surface area contributed by atoms with Crippen LogP contribution in [-0.4, -0.2) is 4.98 Å². The van der Waals surface area contributed by atoms with Crippen LogP contribution >= 0.6 is 0 Å². The van der Waals surface area contributed by atoms with Gasteiger partial charge in [-0.2, -0.15) is 0 Å². The molecule has 2 N–H and O–H groups in total. The van der Waals surface area contributed by atoms with Crippen molar-refractivity contribution in [2.75, 3.05) is 0 Å². The molecule has 0 saturated carbocycles. The van der Waals surface area contributed by atoms with Crippen molar-refractivity contribution in [1.29, 1.82) is 0 Å². The molecular weight excluding hydrogens is 212 g/mol. The Morgan fingerprint density at radius 3 is 2.71 bits per heavy atom. The molecule has 0 fully saturated rings. The van der Waals surface area contributed by atoms with E-state index in [1.54, 1.807) is 12.4 Å². The minimum atomic E-state index is 0.471. The zero-order valence-corrected chi connectivity index (χ0v) is 9.89. The molecule has 0 aliphatic heterocycles. The van der Waals surface area contributed by atoms with E-state index in [1.165, 1.54) is 5.56 Å². The van der Waals surface area contributed by atoms with Gasteiger partial charge in [0.15, 0.2) is 0 Å². The zero-order chi connectivity index (χ0) is 12.1. The van der Waals surface area contributed by atoms with Gasteiger partial charge in [0.05, 0.1) is 6.20 Å². The molecule has 3 nitrogen and oxygen atoms in total. The summed E-state index contributed by atoms with van der Waals surface area (Å²) >= 11 is 0. The molecule has 2 aromatic rings. The minimum Gasteiger partial charge on any atom is -0.456 e. The fraction of sp³-hybridized carbons (Fsp3) is 0.214. The van der Waals surface area contributed by atoms with Crippen LogP contribution in [0.2, 0.25) is 0 Å². The third kappa shape index (κ3) is 3.04. The minimum absolute atomic E-state index is 0.471. The molecule has 0 radical (unpaired) electrons. The monoisotopic (exact) mass is 228 g/mol. The number of pyridine rings is 1. The summed E-state index contributed by atoms with van der Waals surface area (Å²) in [5.41, 5.74) is 7.78. The molecule has 0 amide bonds. The van der Waals surface area contributed by atoms with Crippen LogP contribution in [0.5, 0.6) is 11.5 Å². The van der Waals surface area contributed by atoms with Crippen molar-refractivity contribution in [2.45, 2.75) is 19.9 Å². The van der Waals surface area contributed by atoms with Crippen molar-refractivity contribution in [3.8, 4) is 11.5 Å². The maximum Gasteiger partial charge on any atom is 0.146 e. The fourth-order valence-corrected chi connectivity index (χ4v) is 1.60. The number of rotatable bonds is 4. The van der Waals surface area contributed by atoms with E-state index < -0.39 is 0 Å². The van der Waals surface area contributed by atoms with E-state index in [0.717, 1.165) is 23.5 Å². The highest BCUT2D eigenvalue weighted by Gasteiger charge is 2.00. The summed E-state index contributed by atoms with van der Waals surface area (Å²) in [6.07, 6.45) is 4.44. The zero-order valence-electron chi connectivity index (χ0n) is 9.89. The molecule has 0 saturated heterocycles. The highest BCUT2D eigenvalue weighted by molar-refractivity contribution is 5.34. The van der Waals surface area contributed by atoms with Crippen molar-refractivity contribution in [3.63, 3.8) is 0 Å². The number of nitrogens with two attached hydrogens (primary N) is 1. The van der Waals surface area contributed by atoms with Crippen LogP contribution in [0.1, 0.15) is 18.1 Å². The summed E-state index contributed by atoms with van der Waals surface area (Å²) in [4.78, 5) is 4.09. The Labute approximate surface area is 101 Å². The summed E-state index contributed by atoms with van der Waals surface area (Å²) < 4.78 is 5.75. The molecule has 3 heteroatoms. The van der Waals surface area contributed by atoms with Gasteiger partial charge in [0.25, 0.3) is 0 Å². The van der Waals surface area contributed by atoms with Gasteiger partial charge < -0.3 is 10.5 Å². The Morgan fingerprint density at radius 2 is 1.94 bits per heavy atom. The number of nitrogens with zero attached hydrogens (tertiary/aromatic N) is 1. The molecule has 2 rings (SSSR count). The number of aryl methyl sites for hydroxylation is 1. The van der Waals surface area contributed by atoms with Crippen LogP contribution in [0.15, 0.2) is 42.7 Å². The van der Waals surface area contributed by atoms with Gasteiger partial charge in [-0.05, 0) is 35.7 Å². The Morgan fingerprint density at radius 1 is 1.12 bits per heavy atom. The van der Waals surface area contributed by atoms with Crippen molar-refractivity contribution in [1.82, 2.24) is 4.98 Å². The number of aromatic nitrogens is 1. The topological polar surface area (TPSA) is 48.1 Å². The summed E-state index contributed by atoms with van der Waals surface area (Å²) in [5.74, 6) is 1.56. The maximum absolute atomic E-state index is 5.75. The van der Waals surface area contributed by atoms with Gasteiger partial charge >= 0.3 is 0 Å². The quantitative estimate of drug-likeness (QED) is 0.875.